The number of aromatic nitrogens is 4. The van der Waals surface area contributed by atoms with Gasteiger partial charge in [0.15, 0.2) is 0 Å². The van der Waals surface area contributed by atoms with Crippen molar-refractivity contribution in [1.29, 1.82) is 0 Å². The number of nitrogens with zero attached hydrogens (tertiary/aromatic N) is 4. The molecule has 0 saturated carbocycles. The molecule has 5 nitrogen and oxygen atoms in total. The number of para-hydroxylation sites is 8. The summed E-state index contributed by atoms with van der Waals surface area (Å²) in [5, 5.41) is 12.0. The van der Waals surface area contributed by atoms with E-state index in [2.05, 4.69) is 237 Å². The summed E-state index contributed by atoms with van der Waals surface area (Å²) in [5.74, 6) is 0. The largest absolute Gasteiger partial charge is 0.456 e. The van der Waals surface area contributed by atoms with Crippen LogP contribution in [0.25, 0.3) is 132 Å². The molecular formula is C60H36N4O. The lowest BCUT2D eigenvalue weighted by atomic mass is 10.1. The summed E-state index contributed by atoms with van der Waals surface area (Å²) < 4.78 is 16.5. The Morgan fingerprint density at radius 1 is 0.231 bits per heavy atom. The van der Waals surface area contributed by atoms with Crippen LogP contribution in [-0.2, 0) is 0 Å². The SMILES string of the molecule is c1ccc2c(c1)c1ccccc1n2-c1cccc2c3ccccc3n(-c3ccc4oc5ccc(-n6c7ccccc7c7cccc(-n8c9ccccc9c9ccccc98)c76)cc5c4c3)c12. The van der Waals surface area contributed by atoms with Crippen molar-refractivity contribution in [2.45, 2.75) is 0 Å². The molecule has 10 aromatic carbocycles. The van der Waals surface area contributed by atoms with Gasteiger partial charge in [-0.2, -0.15) is 0 Å². The molecule has 5 heterocycles. The van der Waals surface area contributed by atoms with Gasteiger partial charge in [0.05, 0.1) is 55.5 Å². The Morgan fingerprint density at radius 2 is 0.523 bits per heavy atom. The lowest BCUT2D eigenvalue weighted by molar-refractivity contribution is 0.669. The molecule has 0 aliphatic heterocycles. The van der Waals surface area contributed by atoms with Gasteiger partial charge in [-0.1, -0.05) is 133 Å². The molecule has 65 heavy (non-hydrogen) atoms. The first-order valence-electron chi connectivity index (χ1n) is 22.3. The lowest BCUT2D eigenvalue weighted by Gasteiger charge is -2.15. The fraction of sp³-hybridized carbons (Fsp3) is 0. The van der Waals surface area contributed by atoms with Crippen molar-refractivity contribution >= 4 is 109 Å². The number of hydrogen-bond acceptors (Lipinski definition) is 1. The summed E-state index contributed by atoms with van der Waals surface area (Å²) >= 11 is 0. The fourth-order valence-corrected chi connectivity index (χ4v) is 11.3. The van der Waals surface area contributed by atoms with Crippen molar-refractivity contribution in [3.05, 3.63) is 218 Å². The van der Waals surface area contributed by atoms with Crippen LogP contribution in [0.3, 0.4) is 0 Å². The van der Waals surface area contributed by atoms with Gasteiger partial charge >= 0.3 is 0 Å². The van der Waals surface area contributed by atoms with Gasteiger partial charge in [0.1, 0.15) is 11.2 Å². The number of fused-ring (bicyclic) bond motifs is 15. The first kappa shape index (κ1) is 34.7. The zero-order valence-corrected chi connectivity index (χ0v) is 35.0. The summed E-state index contributed by atoms with van der Waals surface area (Å²) in [6, 6.07) is 79.5. The number of hydrogen-bond donors (Lipinski definition) is 0. The maximum Gasteiger partial charge on any atom is 0.135 e. The lowest BCUT2D eigenvalue weighted by Crippen LogP contribution is -2.00. The Kier molecular flexibility index (Phi) is 6.89. The van der Waals surface area contributed by atoms with E-state index in [1.807, 2.05) is 0 Å². The van der Waals surface area contributed by atoms with Crippen molar-refractivity contribution in [2.75, 3.05) is 0 Å². The molecule has 15 aromatic rings. The highest BCUT2D eigenvalue weighted by molar-refractivity contribution is 6.17. The normalized spacial score (nSPS) is 12.3. The molecule has 15 rings (SSSR count). The van der Waals surface area contributed by atoms with Gasteiger partial charge < -0.3 is 22.7 Å². The molecule has 0 amide bonds. The molecule has 0 spiro atoms. The Balaban J connectivity index is 0.994. The van der Waals surface area contributed by atoms with E-state index in [-0.39, 0.29) is 0 Å². The molecule has 0 aliphatic rings. The summed E-state index contributed by atoms with van der Waals surface area (Å²) in [7, 11) is 0. The average Bonchev–Trinajstić information content (AvgIpc) is 4.17. The van der Waals surface area contributed by atoms with Gasteiger partial charge in [-0.05, 0) is 84.9 Å². The molecule has 0 unspecified atom stereocenters. The van der Waals surface area contributed by atoms with Crippen LogP contribution in [0.4, 0.5) is 0 Å². The van der Waals surface area contributed by atoms with E-state index in [1.54, 1.807) is 0 Å². The van der Waals surface area contributed by atoms with Gasteiger partial charge in [0.2, 0.25) is 0 Å². The standard InChI is InChI=1S/C60H36N4O/c1-9-25-51-39(15-1)40-16-2-10-26-52(40)63(51)55-29-13-21-45-43-19-5-7-23-49(43)61(59(45)55)37-31-33-57-47(35-37)48-36-38(32-34-58(48)65-57)62-50-24-8-6-20-44(50)46-22-14-30-56(60(46)62)64-53-27-11-3-17-41(53)42-18-4-12-28-54(42)64/h1-36H. The van der Waals surface area contributed by atoms with Gasteiger partial charge in [-0.25, -0.2) is 0 Å². The third kappa shape index (κ3) is 4.65. The number of furan rings is 1. The third-order valence-corrected chi connectivity index (χ3v) is 13.9. The second-order valence-electron chi connectivity index (χ2n) is 17.3. The Morgan fingerprint density at radius 3 is 0.877 bits per heavy atom. The number of benzene rings is 10. The summed E-state index contributed by atoms with van der Waals surface area (Å²) in [6.45, 7) is 0. The monoisotopic (exact) mass is 828 g/mol. The van der Waals surface area contributed by atoms with Crippen molar-refractivity contribution in [3.63, 3.8) is 0 Å². The van der Waals surface area contributed by atoms with E-state index < -0.39 is 0 Å². The minimum absolute atomic E-state index is 0.859. The zero-order chi connectivity index (χ0) is 42.3. The molecule has 0 N–H and O–H groups in total. The summed E-state index contributed by atoms with van der Waals surface area (Å²) in [5.41, 5.74) is 15.6. The molecule has 0 fully saturated rings. The van der Waals surface area contributed by atoms with Crippen LogP contribution >= 0.6 is 0 Å². The van der Waals surface area contributed by atoms with E-state index >= 15 is 0 Å². The Bertz CT molecular complexity index is 4100. The van der Waals surface area contributed by atoms with E-state index in [0.717, 1.165) is 66.8 Å². The van der Waals surface area contributed by atoms with E-state index in [9.17, 15) is 0 Å². The second kappa shape index (κ2) is 12.9. The average molecular weight is 829 g/mol. The van der Waals surface area contributed by atoms with Gasteiger partial charge in [0, 0.05) is 65.2 Å². The highest BCUT2D eigenvalue weighted by atomic mass is 16.3. The van der Waals surface area contributed by atoms with E-state index in [0.29, 0.717) is 0 Å². The Labute approximate surface area is 371 Å². The van der Waals surface area contributed by atoms with Crippen molar-refractivity contribution in [2.24, 2.45) is 0 Å². The van der Waals surface area contributed by atoms with Crippen LogP contribution < -0.4 is 0 Å². The van der Waals surface area contributed by atoms with Gasteiger partial charge in [-0.15, -0.1) is 0 Å². The molecular weight excluding hydrogens is 793 g/mol. The molecule has 0 atom stereocenters. The summed E-state index contributed by atoms with van der Waals surface area (Å²) in [4.78, 5) is 0. The smallest absolute Gasteiger partial charge is 0.135 e. The predicted molar refractivity (Wildman–Crippen MR) is 271 cm³/mol. The topological polar surface area (TPSA) is 32.9 Å². The van der Waals surface area contributed by atoms with Crippen molar-refractivity contribution in [1.82, 2.24) is 18.3 Å². The van der Waals surface area contributed by atoms with Crippen LogP contribution in [0.15, 0.2) is 223 Å². The van der Waals surface area contributed by atoms with E-state index in [1.165, 1.54) is 65.2 Å². The van der Waals surface area contributed by atoms with Crippen LogP contribution in [0.5, 0.6) is 0 Å². The highest BCUT2D eigenvalue weighted by Crippen LogP contribution is 2.43. The first-order chi connectivity index (χ1) is 32.3. The third-order valence-electron chi connectivity index (χ3n) is 13.9. The molecule has 0 bridgehead atoms. The van der Waals surface area contributed by atoms with Crippen LogP contribution in [0, 0.1) is 0 Å². The molecule has 302 valence electrons. The van der Waals surface area contributed by atoms with Crippen molar-refractivity contribution in [3.8, 4) is 22.7 Å². The summed E-state index contributed by atoms with van der Waals surface area (Å²) in [6.07, 6.45) is 0. The predicted octanol–water partition coefficient (Wildman–Crippen LogP) is 16.0. The van der Waals surface area contributed by atoms with Crippen molar-refractivity contribution < 1.29 is 4.42 Å². The minimum atomic E-state index is 0.859. The second-order valence-corrected chi connectivity index (χ2v) is 17.3. The molecule has 5 aromatic heterocycles. The van der Waals surface area contributed by atoms with Gasteiger partial charge in [0.25, 0.3) is 0 Å². The Hall–Kier alpha value is -8.80. The maximum atomic E-state index is 6.68. The quantitative estimate of drug-likeness (QED) is 0.174. The minimum Gasteiger partial charge on any atom is -0.456 e. The van der Waals surface area contributed by atoms with Crippen LogP contribution in [-0.4, -0.2) is 18.3 Å². The fourth-order valence-electron chi connectivity index (χ4n) is 11.3. The van der Waals surface area contributed by atoms with Gasteiger partial charge in [-0.3, -0.25) is 0 Å². The molecule has 0 radical (unpaired) electrons. The molecule has 0 saturated heterocycles. The number of rotatable bonds is 4. The maximum absolute atomic E-state index is 6.68. The van der Waals surface area contributed by atoms with E-state index in [4.69, 9.17) is 4.42 Å². The van der Waals surface area contributed by atoms with Crippen LogP contribution in [0.1, 0.15) is 0 Å². The van der Waals surface area contributed by atoms with Crippen LogP contribution in [0.2, 0.25) is 0 Å². The molecule has 5 heteroatoms. The highest BCUT2D eigenvalue weighted by Gasteiger charge is 2.23. The first-order valence-corrected chi connectivity index (χ1v) is 22.3. The zero-order valence-electron chi connectivity index (χ0n) is 35.0. The molecule has 0 aliphatic carbocycles.